The Bertz CT molecular complexity index is 1320. The Hall–Kier alpha value is -2.62. The molecule has 11 heteroatoms. The van der Waals surface area contributed by atoms with Crippen LogP contribution in [0.25, 0.3) is 0 Å². The van der Waals surface area contributed by atoms with Crippen molar-refractivity contribution >= 4 is 62.4 Å². The van der Waals surface area contributed by atoms with Gasteiger partial charge in [-0.15, -0.1) is 0 Å². The number of rotatable bonds is 8. The SMILES string of the molecule is CN(Cc1ccccc1)S(=O)(=O)c1ccc(Cl)c(C(=O)OCC(=O)Nc2ccc(Cl)c(Cl)c2)c1. The normalized spacial score (nSPS) is 11.3. The van der Waals surface area contributed by atoms with E-state index < -0.39 is 28.5 Å². The van der Waals surface area contributed by atoms with Crippen molar-refractivity contribution in [2.45, 2.75) is 11.4 Å². The van der Waals surface area contributed by atoms with Gasteiger partial charge in [-0.05, 0) is 42.0 Å². The van der Waals surface area contributed by atoms with Gasteiger partial charge in [-0.25, -0.2) is 13.2 Å². The highest BCUT2D eigenvalue weighted by Crippen LogP contribution is 2.26. The molecule has 3 aromatic carbocycles. The molecule has 34 heavy (non-hydrogen) atoms. The van der Waals surface area contributed by atoms with Gasteiger partial charge in [0.05, 0.1) is 25.5 Å². The van der Waals surface area contributed by atoms with Crippen LogP contribution in [0.4, 0.5) is 5.69 Å². The van der Waals surface area contributed by atoms with Gasteiger partial charge in [0.1, 0.15) is 0 Å². The fourth-order valence-corrected chi connectivity index (χ4v) is 4.59. The number of carbonyl (C=O) groups is 2. The minimum absolute atomic E-state index is 0.0143. The number of halogens is 3. The van der Waals surface area contributed by atoms with Crippen LogP contribution < -0.4 is 5.32 Å². The molecule has 0 aromatic heterocycles. The highest BCUT2D eigenvalue weighted by molar-refractivity contribution is 7.89. The molecule has 0 aliphatic carbocycles. The summed E-state index contributed by atoms with van der Waals surface area (Å²) in [7, 11) is -2.49. The molecule has 0 aliphatic rings. The van der Waals surface area contributed by atoms with E-state index in [1.807, 2.05) is 18.2 Å². The monoisotopic (exact) mass is 540 g/mol. The third-order valence-electron chi connectivity index (χ3n) is 4.65. The molecular formula is C23H19Cl3N2O5S. The zero-order chi connectivity index (χ0) is 24.9. The summed E-state index contributed by atoms with van der Waals surface area (Å²) in [6.45, 7) is -0.485. The smallest absolute Gasteiger partial charge is 0.340 e. The average Bonchev–Trinajstić information content (AvgIpc) is 2.80. The number of benzene rings is 3. The maximum Gasteiger partial charge on any atom is 0.340 e. The topological polar surface area (TPSA) is 92.8 Å². The van der Waals surface area contributed by atoms with Crippen LogP contribution in [0.1, 0.15) is 15.9 Å². The molecular weight excluding hydrogens is 523 g/mol. The third-order valence-corrected chi connectivity index (χ3v) is 7.52. The van der Waals surface area contributed by atoms with Crippen LogP contribution >= 0.6 is 34.8 Å². The molecule has 0 unspecified atom stereocenters. The summed E-state index contributed by atoms with van der Waals surface area (Å²) >= 11 is 17.8. The highest BCUT2D eigenvalue weighted by atomic mass is 35.5. The van der Waals surface area contributed by atoms with E-state index >= 15 is 0 Å². The van der Waals surface area contributed by atoms with Crippen LogP contribution in [0.2, 0.25) is 15.1 Å². The summed E-state index contributed by atoms with van der Waals surface area (Å²) in [6, 6.07) is 17.3. The van der Waals surface area contributed by atoms with Gasteiger partial charge < -0.3 is 10.1 Å². The van der Waals surface area contributed by atoms with Crippen LogP contribution in [0.3, 0.4) is 0 Å². The van der Waals surface area contributed by atoms with Crippen LogP contribution in [0.5, 0.6) is 0 Å². The van der Waals surface area contributed by atoms with Crippen LogP contribution in [0, 0.1) is 0 Å². The van der Waals surface area contributed by atoms with E-state index in [1.165, 1.54) is 37.4 Å². The lowest BCUT2D eigenvalue weighted by Gasteiger charge is -2.18. The molecule has 1 N–H and O–H groups in total. The Morgan fingerprint density at radius 1 is 0.912 bits per heavy atom. The molecule has 0 fully saturated rings. The minimum Gasteiger partial charge on any atom is -0.452 e. The van der Waals surface area contributed by atoms with Crippen LogP contribution in [0.15, 0.2) is 71.6 Å². The van der Waals surface area contributed by atoms with Crippen molar-refractivity contribution in [3.63, 3.8) is 0 Å². The first-order chi connectivity index (χ1) is 16.1. The van der Waals surface area contributed by atoms with E-state index in [-0.39, 0.29) is 27.0 Å². The van der Waals surface area contributed by atoms with Gasteiger partial charge in [-0.2, -0.15) is 4.31 Å². The number of ether oxygens (including phenoxy) is 1. The first-order valence-electron chi connectivity index (χ1n) is 9.80. The summed E-state index contributed by atoms with van der Waals surface area (Å²) in [4.78, 5) is 24.5. The maximum atomic E-state index is 13.0. The van der Waals surface area contributed by atoms with Crippen LogP contribution in [-0.4, -0.2) is 38.3 Å². The number of hydrogen-bond acceptors (Lipinski definition) is 5. The van der Waals surface area contributed by atoms with Crippen molar-refractivity contribution in [2.75, 3.05) is 19.0 Å². The van der Waals surface area contributed by atoms with Crippen molar-refractivity contribution in [1.29, 1.82) is 0 Å². The number of amides is 1. The van der Waals surface area contributed by atoms with Crippen LogP contribution in [-0.2, 0) is 26.1 Å². The summed E-state index contributed by atoms with van der Waals surface area (Å²) in [5.74, 6) is -1.58. The first-order valence-corrected chi connectivity index (χ1v) is 12.4. The third kappa shape index (κ3) is 6.49. The fourth-order valence-electron chi connectivity index (χ4n) is 2.91. The van der Waals surface area contributed by atoms with E-state index in [0.717, 1.165) is 15.9 Å². The molecule has 0 radical (unpaired) electrons. The fraction of sp³-hybridized carbons (Fsp3) is 0.130. The molecule has 3 aromatic rings. The molecule has 0 heterocycles. The molecule has 3 rings (SSSR count). The predicted octanol–water partition coefficient (Wildman–Crippen LogP) is 5.26. The van der Waals surface area contributed by atoms with Gasteiger partial charge >= 0.3 is 5.97 Å². The largest absolute Gasteiger partial charge is 0.452 e. The summed E-state index contributed by atoms with van der Waals surface area (Å²) < 4.78 is 32.2. The second kappa shape index (κ2) is 11.2. The van der Waals surface area contributed by atoms with Crippen molar-refractivity contribution in [1.82, 2.24) is 4.31 Å². The van der Waals surface area contributed by atoms with E-state index in [0.29, 0.717) is 10.7 Å². The zero-order valence-electron chi connectivity index (χ0n) is 17.8. The van der Waals surface area contributed by atoms with E-state index in [4.69, 9.17) is 39.5 Å². The number of sulfonamides is 1. The number of nitrogens with one attached hydrogen (secondary N) is 1. The number of nitrogens with zero attached hydrogens (tertiary/aromatic N) is 1. The summed E-state index contributed by atoms with van der Waals surface area (Å²) in [6.07, 6.45) is 0. The summed E-state index contributed by atoms with van der Waals surface area (Å²) in [5, 5.41) is 3.07. The van der Waals surface area contributed by atoms with Gasteiger partial charge in [0.25, 0.3) is 5.91 Å². The predicted molar refractivity (Wildman–Crippen MR) is 132 cm³/mol. The number of anilines is 1. The lowest BCUT2D eigenvalue weighted by Crippen LogP contribution is -2.27. The van der Waals surface area contributed by atoms with E-state index in [1.54, 1.807) is 12.1 Å². The number of hydrogen-bond donors (Lipinski definition) is 1. The Morgan fingerprint density at radius 2 is 1.59 bits per heavy atom. The quantitative estimate of drug-likeness (QED) is 0.393. The molecule has 0 saturated carbocycles. The second-order valence-electron chi connectivity index (χ2n) is 7.14. The minimum atomic E-state index is -3.93. The zero-order valence-corrected chi connectivity index (χ0v) is 20.9. The standard InChI is InChI=1S/C23H19Cl3N2O5S/c1-28(13-15-5-3-2-4-6-15)34(31,32)17-8-10-19(24)18(12-17)23(30)33-14-22(29)27-16-7-9-20(25)21(26)11-16/h2-12H,13-14H2,1H3,(H,27,29). The lowest BCUT2D eigenvalue weighted by atomic mass is 10.2. The lowest BCUT2D eigenvalue weighted by molar-refractivity contribution is -0.119. The van der Waals surface area contributed by atoms with Crippen molar-refractivity contribution in [2.24, 2.45) is 0 Å². The second-order valence-corrected chi connectivity index (χ2v) is 10.4. The molecule has 0 saturated heterocycles. The molecule has 7 nitrogen and oxygen atoms in total. The van der Waals surface area contributed by atoms with Crippen molar-refractivity contribution in [3.05, 3.63) is 92.9 Å². The Kier molecular flexibility index (Phi) is 8.57. The Balaban J connectivity index is 1.69. The average molecular weight is 542 g/mol. The molecule has 0 bridgehead atoms. The Labute approximate surface area is 212 Å². The molecule has 0 aliphatic heterocycles. The highest BCUT2D eigenvalue weighted by Gasteiger charge is 2.24. The molecule has 1 amide bonds. The van der Waals surface area contributed by atoms with Crippen molar-refractivity contribution < 1.29 is 22.7 Å². The van der Waals surface area contributed by atoms with Gasteiger partial charge in [0, 0.05) is 19.3 Å². The summed E-state index contributed by atoms with van der Waals surface area (Å²) in [5.41, 5.74) is 0.983. The van der Waals surface area contributed by atoms with Crippen molar-refractivity contribution in [3.8, 4) is 0 Å². The van der Waals surface area contributed by atoms with E-state index in [2.05, 4.69) is 5.32 Å². The van der Waals surface area contributed by atoms with Gasteiger partial charge in [0.15, 0.2) is 6.61 Å². The van der Waals surface area contributed by atoms with Gasteiger partial charge in [-0.1, -0.05) is 65.1 Å². The number of esters is 1. The Morgan fingerprint density at radius 3 is 2.26 bits per heavy atom. The first kappa shape index (κ1) is 26.0. The van der Waals surface area contributed by atoms with E-state index in [9.17, 15) is 18.0 Å². The molecule has 0 spiro atoms. The molecule has 0 atom stereocenters. The number of carbonyl (C=O) groups excluding carboxylic acids is 2. The van der Waals surface area contributed by atoms with Gasteiger partial charge in [-0.3, -0.25) is 4.79 Å². The molecule has 178 valence electrons. The van der Waals surface area contributed by atoms with Gasteiger partial charge in [0.2, 0.25) is 10.0 Å². The maximum absolute atomic E-state index is 13.0.